The molecule has 1 aromatic carbocycles. The van der Waals surface area contributed by atoms with E-state index in [0.717, 1.165) is 0 Å². The molecule has 0 aromatic heterocycles. The molecule has 0 aliphatic heterocycles. The first-order valence-corrected chi connectivity index (χ1v) is 6.17. The number of nitrogens with one attached hydrogen (secondary N) is 1. The molecule has 0 aliphatic rings. The number of benzene rings is 1. The van der Waals surface area contributed by atoms with Crippen LogP contribution in [0.3, 0.4) is 0 Å². The zero-order chi connectivity index (χ0) is 14.3. The summed E-state index contributed by atoms with van der Waals surface area (Å²) in [6, 6.07) is 6.34. The number of amides is 1. The number of carbonyl (C=O) groups excluding carboxylic acids is 2. The van der Waals surface area contributed by atoms with E-state index in [1.54, 1.807) is 31.2 Å². The molecule has 104 valence electrons. The van der Waals surface area contributed by atoms with Crippen LogP contribution in [0, 0.1) is 0 Å². The highest BCUT2D eigenvalue weighted by atomic mass is 35.5. The summed E-state index contributed by atoms with van der Waals surface area (Å²) in [5.41, 5.74) is 0. The highest BCUT2D eigenvalue weighted by molar-refractivity contribution is 6.32. The van der Waals surface area contributed by atoms with Gasteiger partial charge in [0.05, 0.1) is 25.2 Å². The van der Waals surface area contributed by atoms with Crippen molar-refractivity contribution >= 4 is 23.5 Å². The van der Waals surface area contributed by atoms with E-state index in [2.05, 4.69) is 10.1 Å². The fraction of sp³-hybridized carbons (Fsp3) is 0.385. The number of halogens is 1. The van der Waals surface area contributed by atoms with Crippen LogP contribution in [0.5, 0.6) is 5.75 Å². The van der Waals surface area contributed by atoms with Crippen LogP contribution >= 0.6 is 11.6 Å². The van der Waals surface area contributed by atoms with Crippen LogP contribution in [0.25, 0.3) is 0 Å². The van der Waals surface area contributed by atoms with Crippen molar-refractivity contribution in [1.82, 2.24) is 5.32 Å². The molecule has 0 saturated heterocycles. The average Bonchev–Trinajstić information content (AvgIpc) is 2.40. The predicted molar refractivity (Wildman–Crippen MR) is 71.2 cm³/mol. The maximum Gasteiger partial charge on any atom is 0.328 e. The number of carbonyl (C=O) groups is 2. The van der Waals surface area contributed by atoms with Gasteiger partial charge < -0.3 is 14.8 Å². The van der Waals surface area contributed by atoms with Crippen LogP contribution in [0.2, 0.25) is 5.02 Å². The summed E-state index contributed by atoms with van der Waals surface area (Å²) in [6.45, 7) is 1.74. The quantitative estimate of drug-likeness (QED) is 0.809. The molecular weight excluding hydrogens is 270 g/mol. The molecule has 0 heterocycles. The van der Waals surface area contributed by atoms with Crippen molar-refractivity contribution in [3.8, 4) is 5.75 Å². The molecule has 0 aliphatic carbocycles. The average molecular weight is 286 g/mol. The van der Waals surface area contributed by atoms with Crippen molar-refractivity contribution in [2.24, 2.45) is 0 Å². The van der Waals surface area contributed by atoms with Gasteiger partial charge in [0.25, 0.3) is 0 Å². The minimum absolute atomic E-state index is 0.132. The molecule has 1 aromatic rings. The summed E-state index contributed by atoms with van der Waals surface area (Å²) in [5.74, 6) is -0.247. The third-order valence-corrected chi connectivity index (χ3v) is 2.67. The van der Waals surface area contributed by atoms with Gasteiger partial charge in [0.2, 0.25) is 5.91 Å². The van der Waals surface area contributed by atoms with Crippen molar-refractivity contribution in [3.05, 3.63) is 29.3 Å². The third kappa shape index (κ3) is 5.18. The number of ether oxygens (including phenoxy) is 2. The van der Waals surface area contributed by atoms with Gasteiger partial charge in [0, 0.05) is 0 Å². The minimum atomic E-state index is -0.669. The predicted octanol–water partition coefficient (Wildman–Crippen LogP) is 1.79. The second-order valence-corrected chi connectivity index (χ2v) is 4.25. The molecule has 0 bridgehead atoms. The van der Waals surface area contributed by atoms with Crippen LogP contribution in [-0.4, -0.2) is 31.6 Å². The molecule has 1 rings (SSSR count). The fourth-order valence-corrected chi connectivity index (χ4v) is 1.56. The van der Waals surface area contributed by atoms with Gasteiger partial charge in [0.15, 0.2) is 0 Å². The maximum atomic E-state index is 11.5. The van der Waals surface area contributed by atoms with Crippen molar-refractivity contribution in [3.63, 3.8) is 0 Å². The Balaban J connectivity index is 2.32. The summed E-state index contributed by atoms with van der Waals surface area (Å²) in [7, 11) is 1.27. The normalized spacial score (nSPS) is 11.5. The van der Waals surface area contributed by atoms with Crippen molar-refractivity contribution in [2.45, 2.75) is 19.4 Å². The van der Waals surface area contributed by atoms with Gasteiger partial charge in [-0.15, -0.1) is 0 Å². The van der Waals surface area contributed by atoms with Gasteiger partial charge >= 0.3 is 5.97 Å². The molecule has 0 spiro atoms. The Morgan fingerprint density at radius 2 is 2.05 bits per heavy atom. The van der Waals surface area contributed by atoms with E-state index in [0.29, 0.717) is 10.8 Å². The van der Waals surface area contributed by atoms with Crippen molar-refractivity contribution in [2.75, 3.05) is 13.7 Å². The molecule has 19 heavy (non-hydrogen) atoms. The Kier molecular flexibility index (Phi) is 6.15. The fourth-order valence-electron chi connectivity index (χ4n) is 1.36. The standard InChI is InChI=1S/C13H16ClNO4/c1-9(13(17)18-2)15-12(16)7-8-19-11-6-4-3-5-10(11)14/h3-6,9H,7-8H2,1-2H3,(H,15,16)/t9-/m0/s1. The Bertz CT molecular complexity index is 450. The minimum Gasteiger partial charge on any atom is -0.491 e. The number of hydrogen-bond acceptors (Lipinski definition) is 4. The second kappa shape index (κ2) is 7.63. The van der Waals surface area contributed by atoms with E-state index in [1.165, 1.54) is 7.11 Å². The van der Waals surface area contributed by atoms with E-state index in [1.807, 2.05) is 0 Å². The zero-order valence-corrected chi connectivity index (χ0v) is 11.6. The maximum absolute atomic E-state index is 11.5. The summed E-state index contributed by atoms with van der Waals surface area (Å²) < 4.78 is 9.87. The van der Waals surface area contributed by atoms with Gasteiger partial charge in [-0.3, -0.25) is 4.79 Å². The number of para-hydroxylation sites is 1. The van der Waals surface area contributed by atoms with Crippen molar-refractivity contribution < 1.29 is 19.1 Å². The second-order valence-electron chi connectivity index (χ2n) is 3.84. The Morgan fingerprint density at radius 3 is 2.68 bits per heavy atom. The number of rotatable bonds is 6. The third-order valence-electron chi connectivity index (χ3n) is 2.36. The van der Waals surface area contributed by atoms with E-state index in [9.17, 15) is 9.59 Å². The molecule has 0 radical (unpaired) electrons. The molecule has 1 N–H and O–H groups in total. The largest absolute Gasteiger partial charge is 0.491 e. The van der Waals surface area contributed by atoms with Gasteiger partial charge in [-0.05, 0) is 19.1 Å². The SMILES string of the molecule is COC(=O)[C@H](C)NC(=O)CCOc1ccccc1Cl. The van der Waals surface area contributed by atoms with Gasteiger partial charge in [-0.1, -0.05) is 23.7 Å². The zero-order valence-electron chi connectivity index (χ0n) is 10.8. The molecule has 0 unspecified atom stereocenters. The van der Waals surface area contributed by atoms with Crippen LogP contribution in [0.15, 0.2) is 24.3 Å². The number of methoxy groups -OCH3 is 1. The topological polar surface area (TPSA) is 64.6 Å². The summed E-state index contributed by atoms with van der Waals surface area (Å²) in [6.07, 6.45) is 0.132. The van der Waals surface area contributed by atoms with Crippen molar-refractivity contribution in [1.29, 1.82) is 0 Å². The summed E-state index contributed by atoms with van der Waals surface area (Å²) in [5, 5.41) is 3.00. The highest BCUT2D eigenvalue weighted by Crippen LogP contribution is 2.22. The number of esters is 1. The van der Waals surface area contributed by atoms with E-state index in [-0.39, 0.29) is 18.9 Å². The monoisotopic (exact) mass is 285 g/mol. The van der Waals surface area contributed by atoms with E-state index in [4.69, 9.17) is 16.3 Å². The van der Waals surface area contributed by atoms with Crippen LogP contribution in [0.1, 0.15) is 13.3 Å². The summed E-state index contributed by atoms with van der Waals surface area (Å²) in [4.78, 5) is 22.6. The van der Waals surface area contributed by atoms with Crippen LogP contribution in [0.4, 0.5) is 0 Å². The lowest BCUT2D eigenvalue weighted by atomic mass is 10.3. The lowest BCUT2D eigenvalue weighted by Crippen LogP contribution is -2.39. The Morgan fingerprint density at radius 1 is 1.37 bits per heavy atom. The van der Waals surface area contributed by atoms with Gasteiger partial charge in [-0.2, -0.15) is 0 Å². The molecule has 6 heteroatoms. The first-order valence-electron chi connectivity index (χ1n) is 5.79. The number of hydrogen-bond donors (Lipinski definition) is 1. The Hall–Kier alpha value is -1.75. The highest BCUT2D eigenvalue weighted by Gasteiger charge is 2.15. The van der Waals surface area contributed by atoms with Gasteiger partial charge in [0.1, 0.15) is 11.8 Å². The smallest absolute Gasteiger partial charge is 0.328 e. The Labute approximate surface area is 116 Å². The van der Waals surface area contributed by atoms with Crippen LogP contribution in [-0.2, 0) is 14.3 Å². The molecular formula is C13H16ClNO4. The molecule has 5 nitrogen and oxygen atoms in total. The first-order chi connectivity index (χ1) is 9.04. The molecule has 0 saturated carbocycles. The van der Waals surface area contributed by atoms with E-state index < -0.39 is 12.0 Å². The van der Waals surface area contributed by atoms with Crippen LogP contribution < -0.4 is 10.1 Å². The molecule has 1 amide bonds. The van der Waals surface area contributed by atoms with Gasteiger partial charge in [-0.25, -0.2) is 4.79 Å². The lowest BCUT2D eigenvalue weighted by molar-refractivity contribution is -0.144. The molecule has 1 atom stereocenters. The summed E-state index contributed by atoms with van der Waals surface area (Å²) >= 11 is 5.90. The lowest BCUT2D eigenvalue weighted by Gasteiger charge is -2.12. The van der Waals surface area contributed by atoms with E-state index >= 15 is 0 Å². The first kappa shape index (κ1) is 15.3. The molecule has 0 fully saturated rings.